The molecule has 0 unspecified atom stereocenters. The lowest BCUT2D eigenvalue weighted by Gasteiger charge is -2.47. The van der Waals surface area contributed by atoms with Crippen LogP contribution in [0.4, 0.5) is 0 Å². The van der Waals surface area contributed by atoms with Crippen LogP contribution in [0.25, 0.3) is 0 Å². The summed E-state index contributed by atoms with van der Waals surface area (Å²) in [6, 6.07) is 0. The topological polar surface area (TPSA) is 69.5 Å². The number of hydrogen-bond donors (Lipinski definition) is 0. The Morgan fingerprint density at radius 1 is 1.47 bits per heavy atom. The molecular weight excluding hydrogens is 200 g/mol. The van der Waals surface area contributed by atoms with E-state index >= 15 is 0 Å². The monoisotopic (exact) mass is 212 g/mol. The summed E-state index contributed by atoms with van der Waals surface area (Å²) in [6.45, 7) is 0.527. The Morgan fingerprint density at radius 2 is 2.33 bits per heavy atom. The maximum atomic E-state index is 11.8. The molecule has 0 amide bonds. The van der Waals surface area contributed by atoms with Gasteiger partial charge >= 0.3 is 5.97 Å². The standard InChI is InChI=1S/C9H12N2O4/c1-13-8(12)9-5(4-10-11-9)6-2-3-7(9)15-14-6/h5-7H,2-4H2,1H3/t5-,6+,7-,9-/m1/s1. The van der Waals surface area contributed by atoms with Crippen molar-refractivity contribution in [3.05, 3.63) is 0 Å². The molecule has 15 heavy (non-hydrogen) atoms. The fourth-order valence-corrected chi connectivity index (χ4v) is 2.76. The molecule has 0 aromatic rings. The van der Waals surface area contributed by atoms with Crippen molar-refractivity contribution < 1.29 is 19.3 Å². The van der Waals surface area contributed by atoms with Gasteiger partial charge in [-0.25, -0.2) is 14.6 Å². The number of rotatable bonds is 1. The average Bonchev–Trinajstić information content (AvgIpc) is 2.77. The lowest BCUT2D eigenvalue weighted by Crippen LogP contribution is -2.64. The van der Waals surface area contributed by atoms with E-state index in [1.807, 2.05) is 0 Å². The van der Waals surface area contributed by atoms with Crippen LogP contribution in [0.1, 0.15) is 12.8 Å². The summed E-state index contributed by atoms with van der Waals surface area (Å²) < 4.78 is 4.82. The predicted octanol–water partition coefficient (Wildman–Crippen LogP) is 0.473. The van der Waals surface area contributed by atoms with Crippen molar-refractivity contribution in [2.45, 2.75) is 30.6 Å². The van der Waals surface area contributed by atoms with Gasteiger partial charge in [0.05, 0.1) is 19.6 Å². The second kappa shape index (κ2) is 2.99. The van der Waals surface area contributed by atoms with Crippen LogP contribution in [-0.2, 0) is 19.3 Å². The van der Waals surface area contributed by atoms with Crippen molar-refractivity contribution in [3.63, 3.8) is 0 Å². The molecule has 0 aromatic carbocycles. The van der Waals surface area contributed by atoms with Crippen molar-refractivity contribution >= 4 is 5.97 Å². The maximum absolute atomic E-state index is 11.8. The van der Waals surface area contributed by atoms with E-state index < -0.39 is 5.54 Å². The Balaban J connectivity index is 2.03. The smallest absolute Gasteiger partial charge is 0.339 e. The van der Waals surface area contributed by atoms with Crippen LogP contribution in [0, 0.1) is 5.92 Å². The van der Waals surface area contributed by atoms with Gasteiger partial charge in [-0.3, -0.25) is 0 Å². The molecule has 4 aliphatic rings. The van der Waals surface area contributed by atoms with E-state index in [9.17, 15) is 4.79 Å². The summed E-state index contributed by atoms with van der Waals surface area (Å²) in [5, 5.41) is 8.06. The first-order chi connectivity index (χ1) is 7.29. The molecule has 6 heteroatoms. The van der Waals surface area contributed by atoms with E-state index in [0.29, 0.717) is 6.54 Å². The molecule has 0 aromatic heterocycles. The Bertz CT molecular complexity index is 324. The van der Waals surface area contributed by atoms with E-state index in [1.165, 1.54) is 7.11 Å². The zero-order valence-electron chi connectivity index (χ0n) is 8.38. The first-order valence-electron chi connectivity index (χ1n) is 5.08. The average molecular weight is 212 g/mol. The second-order valence-corrected chi connectivity index (χ2v) is 4.14. The Hall–Kier alpha value is -1.01. The van der Waals surface area contributed by atoms with Gasteiger partial charge < -0.3 is 4.74 Å². The van der Waals surface area contributed by atoms with Crippen LogP contribution in [0.5, 0.6) is 0 Å². The Labute approximate surface area is 86.5 Å². The summed E-state index contributed by atoms with van der Waals surface area (Å²) in [4.78, 5) is 22.2. The minimum atomic E-state index is -0.935. The molecule has 1 aliphatic carbocycles. The van der Waals surface area contributed by atoms with Gasteiger partial charge in [0.1, 0.15) is 12.2 Å². The highest BCUT2D eigenvalue weighted by Gasteiger charge is 2.65. The number of hydrogen-bond acceptors (Lipinski definition) is 6. The van der Waals surface area contributed by atoms with E-state index in [4.69, 9.17) is 14.5 Å². The van der Waals surface area contributed by atoms with E-state index in [2.05, 4.69) is 10.2 Å². The molecule has 82 valence electrons. The molecular formula is C9H12N2O4. The van der Waals surface area contributed by atoms with Crippen LogP contribution >= 0.6 is 0 Å². The summed E-state index contributed by atoms with van der Waals surface area (Å²) in [7, 11) is 1.37. The van der Waals surface area contributed by atoms with Crippen LogP contribution in [-0.4, -0.2) is 37.4 Å². The van der Waals surface area contributed by atoms with Gasteiger partial charge in [0.25, 0.3) is 0 Å². The number of ether oxygens (including phenoxy) is 1. The quantitative estimate of drug-likeness (QED) is 0.468. The number of methoxy groups -OCH3 is 1. The molecule has 4 atom stereocenters. The van der Waals surface area contributed by atoms with E-state index in [-0.39, 0.29) is 24.1 Å². The number of nitrogens with zero attached hydrogens (tertiary/aromatic N) is 2. The van der Waals surface area contributed by atoms with Gasteiger partial charge in [-0.2, -0.15) is 10.2 Å². The van der Waals surface area contributed by atoms with Crippen molar-refractivity contribution in [2.75, 3.05) is 13.7 Å². The fourth-order valence-electron chi connectivity index (χ4n) is 2.76. The van der Waals surface area contributed by atoms with Gasteiger partial charge in [0, 0.05) is 0 Å². The largest absolute Gasteiger partial charge is 0.467 e. The minimum absolute atomic E-state index is 0.0163. The molecule has 3 fully saturated rings. The Morgan fingerprint density at radius 3 is 3.00 bits per heavy atom. The van der Waals surface area contributed by atoms with Gasteiger partial charge in [0.15, 0.2) is 0 Å². The molecule has 3 heterocycles. The van der Waals surface area contributed by atoms with Crippen molar-refractivity contribution in [1.82, 2.24) is 0 Å². The molecule has 4 rings (SSSR count). The highest BCUT2D eigenvalue weighted by molar-refractivity contribution is 5.83. The van der Waals surface area contributed by atoms with Gasteiger partial charge in [0.2, 0.25) is 5.54 Å². The zero-order chi connectivity index (χ0) is 10.5. The number of carbonyl (C=O) groups excluding carboxylic acids is 1. The van der Waals surface area contributed by atoms with Crippen LogP contribution < -0.4 is 0 Å². The Kier molecular flexibility index (Phi) is 1.84. The first-order valence-corrected chi connectivity index (χ1v) is 5.08. The highest BCUT2D eigenvalue weighted by Crippen LogP contribution is 2.48. The lowest BCUT2D eigenvalue weighted by atomic mass is 9.69. The molecule has 2 saturated heterocycles. The molecule has 0 spiro atoms. The molecule has 2 bridgehead atoms. The third-order valence-electron chi connectivity index (χ3n) is 3.54. The summed E-state index contributed by atoms with van der Waals surface area (Å²) in [6.07, 6.45) is 1.25. The summed E-state index contributed by atoms with van der Waals surface area (Å²) >= 11 is 0. The van der Waals surface area contributed by atoms with E-state index in [0.717, 1.165) is 12.8 Å². The van der Waals surface area contributed by atoms with Crippen LogP contribution in [0.3, 0.4) is 0 Å². The first kappa shape index (κ1) is 9.23. The van der Waals surface area contributed by atoms with Crippen molar-refractivity contribution in [1.29, 1.82) is 0 Å². The molecule has 0 N–H and O–H groups in total. The number of carbonyl (C=O) groups is 1. The third kappa shape index (κ3) is 0.981. The minimum Gasteiger partial charge on any atom is -0.467 e. The molecule has 0 radical (unpaired) electrons. The molecule has 3 aliphatic heterocycles. The highest BCUT2D eigenvalue weighted by atomic mass is 17.2. The number of esters is 1. The zero-order valence-corrected chi connectivity index (χ0v) is 8.38. The van der Waals surface area contributed by atoms with Gasteiger partial charge in [-0.05, 0) is 12.8 Å². The molecule has 1 saturated carbocycles. The van der Waals surface area contributed by atoms with Gasteiger partial charge in [-0.1, -0.05) is 0 Å². The summed E-state index contributed by atoms with van der Waals surface area (Å²) in [5.74, 6) is -0.371. The SMILES string of the molecule is COC(=O)[C@@]12N=NC[C@@H]1[C@@H]1CC[C@H]2OO1. The number of azo groups is 1. The third-order valence-corrected chi connectivity index (χ3v) is 3.54. The number of fused-ring (bicyclic) bond motifs is 2. The lowest BCUT2D eigenvalue weighted by molar-refractivity contribution is -0.420. The predicted molar refractivity (Wildman–Crippen MR) is 46.9 cm³/mol. The maximum Gasteiger partial charge on any atom is 0.339 e. The normalized spacial score (nSPS) is 46.6. The second-order valence-electron chi connectivity index (χ2n) is 4.14. The van der Waals surface area contributed by atoms with Gasteiger partial charge in [-0.15, -0.1) is 0 Å². The van der Waals surface area contributed by atoms with Crippen molar-refractivity contribution in [2.24, 2.45) is 16.1 Å². The van der Waals surface area contributed by atoms with Crippen molar-refractivity contribution in [3.8, 4) is 0 Å². The van der Waals surface area contributed by atoms with Crippen LogP contribution in [0.2, 0.25) is 0 Å². The van der Waals surface area contributed by atoms with E-state index in [1.54, 1.807) is 0 Å². The fraction of sp³-hybridized carbons (Fsp3) is 0.889. The molecule has 6 nitrogen and oxygen atoms in total. The summed E-state index contributed by atoms with van der Waals surface area (Å²) in [5.41, 5.74) is -0.935. The van der Waals surface area contributed by atoms with Crippen LogP contribution in [0.15, 0.2) is 10.2 Å².